The average Bonchev–Trinajstić information content (AvgIpc) is 3.31. The topological polar surface area (TPSA) is 89.5 Å². The van der Waals surface area contributed by atoms with Crippen molar-refractivity contribution in [2.24, 2.45) is 0 Å². The minimum Gasteiger partial charge on any atom is -0.755 e. The van der Waals surface area contributed by atoms with Crippen LogP contribution in [0.3, 0.4) is 0 Å². The van der Waals surface area contributed by atoms with Crippen LogP contribution in [-0.2, 0) is 17.7 Å². The van der Waals surface area contributed by atoms with Crippen LogP contribution in [-0.4, -0.2) is 35.4 Å². The fourth-order valence-electron chi connectivity index (χ4n) is 3.83. The molecule has 4 aromatic rings. The SMILES string of the molecule is Cc1ccc(C(=O)N(C)C(C)c2ccccc2)c(N(c2nsnc2Cc2ccccc2)S(=O)[O-])c1. The Bertz CT molecular complexity index is 1330. The summed E-state index contributed by atoms with van der Waals surface area (Å²) in [5, 5.41) is 0. The van der Waals surface area contributed by atoms with Crippen molar-refractivity contribution in [3.8, 4) is 0 Å². The van der Waals surface area contributed by atoms with Gasteiger partial charge in [-0.15, -0.1) is 0 Å². The molecular formula is C26H25N4O3S2-. The van der Waals surface area contributed by atoms with Gasteiger partial charge in [-0.1, -0.05) is 66.7 Å². The summed E-state index contributed by atoms with van der Waals surface area (Å²) in [6, 6.07) is 24.3. The fraction of sp³-hybridized carbons (Fsp3) is 0.192. The Hall–Kier alpha value is -3.40. The zero-order valence-electron chi connectivity index (χ0n) is 19.6. The number of aromatic nitrogens is 2. The molecule has 2 atom stereocenters. The zero-order valence-corrected chi connectivity index (χ0v) is 21.3. The van der Waals surface area contributed by atoms with E-state index in [4.69, 9.17) is 0 Å². The molecule has 35 heavy (non-hydrogen) atoms. The summed E-state index contributed by atoms with van der Waals surface area (Å²) in [5.41, 5.74) is 3.82. The van der Waals surface area contributed by atoms with Gasteiger partial charge >= 0.3 is 0 Å². The van der Waals surface area contributed by atoms with E-state index in [1.54, 1.807) is 30.1 Å². The van der Waals surface area contributed by atoms with Crippen LogP contribution in [0.25, 0.3) is 0 Å². The highest BCUT2D eigenvalue weighted by Gasteiger charge is 2.27. The molecule has 180 valence electrons. The van der Waals surface area contributed by atoms with Gasteiger partial charge in [0.1, 0.15) is 5.69 Å². The Morgan fingerprint density at radius 2 is 1.69 bits per heavy atom. The van der Waals surface area contributed by atoms with E-state index in [1.165, 1.54) is 0 Å². The minimum atomic E-state index is -2.73. The van der Waals surface area contributed by atoms with E-state index in [0.717, 1.165) is 32.7 Å². The predicted molar refractivity (Wildman–Crippen MR) is 138 cm³/mol. The summed E-state index contributed by atoms with van der Waals surface area (Å²) in [5.74, 6) is -0.0924. The molecule has 0 saturated heterocycles. The normalized spacial score (nSPS) is 12.7. The highest BCUT2D eigenvalue weighted by Crippen LogP contribution is 2.34. The maximum atomic E-state index is 13.6. The molecule has 4 rings (SSSR count). The summed E-state index contributed by atoms with van der Waals surface area (Å²) >= 11 is -1.79. The van der Waals surface area contributed by atoms with Crippen LogP contribution >= 0.6 is 11.7 Å². The van der Waals surface area contributed by atoms with Crippen molar-refractivity contribution in [2.75, 3.05) is 11.4 Å². The molecule has 0 saturated carbocycles. The third-order valence-electron chi connectivity index (χ3n) is 5.88. The smallest absolute Gasteiger partial charge is 0.256 e. The number of rotatable bonds is 8. The van der Waals surface area contributed by atoms with E-state index in [9.17, 15) is 13.6 Å². The highest BCUT2D eigenvalue weighted by molar-refractivity contribution is 7.81. The molecule has 0 aliphatic rings. The molecule has 0 aliphatic carbocycles. The molecule has 3 aromatic carbocycles. The lowest BCUT2D eigenvalue weighted by Gasteiger charge is -2.30. The van der Waals surface area contributed by atoms with Gasteiger partial charge in [0.25, 0.3) is 5.91 Å². The molecule has 0 bridgehead atoms. The number of carbonyl (C=O) groups excluding carboxylic acids is 1. The molecule has 7 nitrogen and oxygen atoms in total. The first-order chi connectivity index (χ1) is 16.9. The van der Waals surface area contributed by atoms with Crippen LogP contribution in [0.15, 0.2) is 78.9 Å². The van der Waals surface area contributed by atoms with Crippen molar-refractivity contribution in [3.05, 3.63) is 107 Å². The van der Waals surface area contributed by atoms with Crippen LogP contribution in [0.4, 0.5) is 11.5 Å². The third-order valence-corrected chi connectivity index (χ3v) is 7.10. The summed E-state index contributed by atoms with van der Waals surface area (Å²) in [7, 11) is 1.72. The molecular weight excluding hydrogens is 480 g/mol. The van der Waals surface area contributed by atoms with Crippen LogP contribution in [0.5, 0.6) is 0 Å². The van der Waals surface area contributed by atoms with Crippen molar-refractivity contribution in [1.29, 1.82) is 0 Å². The number of anilines is 2. The van der Waals surface area contributed by atoms with Gasteiger partial charge in [0, 0.05) is 13.5 Å². The summed E-state index contributed by atoms with van der Waals surface area (Å²) in [6.07, 6.45) is 0.417. The van der Waals surface area contributed by atoms with Crippen LogP contribution in [0.1, 0.15) is 45.7 Å². The molecule has 0 aliphatic heterocycles. The average molecular weight is 506 g/mol. The predicted octanol–water partition coefficient (Wildman–Crippen LogP) is 5.20. The maximum Gasteiger partial charge on any atom is 0.256 e. The van der Waals surface area contributed by atoms with Crippen molar-refractivity contribution in [2.45, 2.75) is 26.3 Å². The van der Waals surface area contributed by atoms with Crippen LogP contribution in [0.2, 0.25) is 0 Å². The van der Waals surface area contributed by atoms with Gasteiger partial charge in [-0.3, -0.25) is 13.3 Å². The summed E-state index contributed by atoms with van der Waals surface area (Å²) in [4.78, 5) is 15.2. The molecule has 0 fully saturated rings. The lowest BCUT2D eigenvalue weighted by Crippen LogP contribution is -2.32. The van der Waals surface area contributed by atoms with Gasteiger partial charge in [0.05, 0.1) is 40.3 Å². The first-order valence-corrected chi connectivity index (χ1v) is 12.8. The van der Waals surface area contributed by atoms with E-state index >= 15 is 0 Å². The molecule has 1 heterocycles. The van der Waals surface area contributed by atoms with Gasteiger partial charge in [-0.2, -0.15) is 8.75 Å². The summed E-state index contributed by atoms with van der Waals surface area (Å²) < 4.78 is 34.8. The van der Waals surface area contributed by atoms with Gasteiger partial charge in [-0.05, 0) is 42.7 Å². The highest BCUT2D eigenvalue weighted by atomic mass is 32.2. The van der Waals surface area contributed by atoms with Crippen LogP contribution < -0.4 is 4.31 Å². The molecule has 0 spiro atoms. The second kappa shape index (κ2) is 10.9. The maximum absolute atomic E-state index is 13.6. The van der Waals surface area contributed by atoms with E-state index in [0.29, 0.717) is 12.1 Å². The van der Waals surface area contributed by atoms with Crippen LogP contribution in [0, 0.1) is 6.92 Å². The number of nitrogens with zero attached hydrogens (tertiary/aromatic N) is 4. The molecule has 0 N–H and O–H groups in total. The first kappa shape index (κ1) is 24.7. The Kier molecular flexibility index (Phi) is 7.70. The molecule has 1 amide bonds. The minimum absolute atomic E-state index is 0.200. The summed E-state index contributed by atoms with van der Waals surface area (Å²) in [6.45, 7) is 3.79. The Morgan fingerprint density at radius 1 is 1.03 bits per heavy atom. The molecule has 9 heteroatoms. The number of carbonyl (C=O) groups is 1. The molecule has 0 radical (unpaired) electrons. The lowest BCUT2D eigenvalue weighted by molar-refractivity contribution is 0.0743. The number of amides is 1. The van der Waals surface area contributed by atoms with E-state index in [-0.39, 0.29) is 29.0 Å². The Morgan fingerprint density at radius 3 is 2.34 bits per heavy atom. The second-order valence-corrected chi connectivity index (χ2v) is 9.56. The van der Waals surface area contributed by atoms with E-state index in [1.807, 2.05) is 74.5 Å². The second-order valence-electron chi connectivity index (χ2n) is 8.23. The van der Waals surface area contributed by atoms with Gasteiger partial charge in [-0.25, -0.2) is 0 Å². The van der Waals surface area contributed by atoms with Gasteiger partial charge in [0.2, 0.25) is 0 Å². The lowest BCUT2D eigenvalue weighted by atomic mass is 10.0. The number of benzene rings is 3. The third kappa shape index (κ3) is 5.48. The number of hydrogen-bond acceptors (Lipinski definition) is 6. The quantitative estimate of drug-likeness (QED) is 0.307. The van der Waals surface area contributed by atoms with Crippen molar-refractivity contribution >= 4 is 40.4 Å². The van der Waals surface area contributed by atoms with Crippen molar-refractivity contribution in [1.82, 2.24) is 13.6 Å². The fourth-order valence-corrected chi connectivity index (χ4v) is 5.03. The Balaban J connectivity index is 1.74. The Labute approximate surface area is 211 Å². The van der Waals surface area contributed by atoms with Gasteiger partial charge < -0.3 is 9.45 Å². The first-order valence-electron chi connectivity index (χ1n) is 11.0. The molecule has 1 aromatic heterocycles. The van der Waals surface area contributed by atoms with Gasteiger partial charge in [0.15, 0.2) is 5.82 Å². The number of aryl methyl sites for hydroxylation is 1. The monoisotopic (exact) mass is 505 g/mol. The molecule has 2 unspecified atom stereocenters. The largest absolute Gasteiger partial charge is 0.755 e. The van der Waals surface area contributed by atoms with E-state index in [2.05, 4.69) is 8.75 Å². The zero-order chi connectivity index (χ0) is 24.9. The standard InChI is InChI=1S/C26H26N4O3S2/c1-18-14-15-22(26(31)29(3)19(2)21-12-8-5-9-13-21)24(16-18)30(35(32)33)25-23(27-34-28-25)17-20-10-6-4-7-11-20/h4-16,19H,17H2,1-3H3,(H,32,33)/p-1. The van der Waals surface area contributed by atoms with Crippen molar-refractivity contribution < 1.29 is 13.6 Å². The van der Waals surface area contributed by atoms with E-state index < -0.39 is 11.3 Å². The van der Waals surface area contributed by atoms with Crippen molar-refractivity contribution in [3.63, 3.8) is 0 Å². The number of hydrogen-bond donors (Lipinski definition) is 0.